The Morgan fingerprint density at radius 1 is 1.12 bits per heavy atom. The molecule has 0 atom stereocenters. The Morgan fingerprint density at radius 2 is 1.82 bits per heavy atom. The quantitative estimate of drug-likeness (QED) is 0.572. The first-order chi connectivity index (χ1) is 16.4. The molecule has 0 bridgehead atoms. The first-order valence-electron chi connectivity index (χ1n) is 10.9. The van der Waals surface area contributed by atoms with E-state index in [1.807, 2.05) is 30.3 Å². The number of tetrazole rings is 1. The molecule has 0 spiro atoms. The summed E-state index contributed by atoms with van der Waals surface area (Å²) < 4.78 is 15.1. The van der Waals surface area contributed by atoms with Gasteiger partial charge in [-0.2, -0.15) is 5.26 Å². The first-order valence-corrected chi connectivity index (χ1v) is 10.9. The Balaban J connectivity index is 1.34. The Bertz CT molecular complexity index is 1210. The van der Waals surface area contributed by atoms with Crippen molar-refractivity contribution in [1.82, 2.24) is 25.1 Å². The van der Waals surface area contributed by atoms with Gasteiger partial charge in [-0.15, -0.1) is 5.10 Å². The smallest absolute Gasteiger partial charge is 0.309 e. The van der Waals surface area contributed by atoms with Crippen LogP contribution >= 0.6 is 0 Å². The van der Waals surface area contributed by atoms with Crippen LogP contribution in [0.1, 0.15) is 36.0 Å². The zero-order valence-electron chi connectivity index (χ0n) is 18.4. The number of carboxylic acid groups (broad SMARTS) is 1. The summed E-state index contributed by atoms with van der Waals surface area (Å²) in [4.78, 5) is 26.7. The number of aryl methyl sites for hydroxylation is 1. The van der Waals surface area contributed by atoms with Gasteiger partial charge in [0.15, 0.2) is 0 Å². The van der Waals surface area contributed by atoms with Crippen LogP contribution in [0.15, 0.2) is 48.8 Å². The van der Waals surface area contributed by atoms with Gasteiger partial charge in [0.2, 0.25) is 5.91 Å². The largest absolute Gasteiger partial charge is 0.481 e. The van der Waals surface area contributed by atoms with Crippen molar-refractivity contribution >= 4 is 11.9 Å². The van der Waals surface area contributed by atoms with Crippen LogP contribution < -0.4 is 0 Å². The average Bonchev–Trinajstić information content (AvgIpc) is 3.39. The van der Waals surface area contributed by atoms with Gasteiger partial charge < -0.3 is 10.0 Å². The molecule has 1 aromatic heterocycles. The number of hydrogen-bond donors (Lipinski definition) is 1. The minimum atomic E-state index is -0.953. The minimum Gasteiger partial charge on any atom is -0.481 e. The summed E-state index contributed by atoms with van der Waals surface area (Å²) >= 11 is 0. The maximum absolute atomic E-state index is 13.6. The van der Waals surface area contributed by atoms with E-state index >= 15 is 0 Å². The van der Waals surface area contributed by atoms with Crippen LogP contribution in [-0.4, -0.2) is 55.2 Å². The van der Waals surface area contributed by atoms with Crippen molar-refractivity contribution in [2.75, 3.05) is 13.1 Å². The third-order valence-electron chi connectivity index (χ3n) is 6.48. The summed E-state index contributed by atoms with van der Waals surface area (Å²) in [6, 6.07) is 13.4. The number of rotatable bonds is 7. The molecule has 0 radical (unpaired) electrons. The zero-order chi connectivity index (χ0) is 24.1. The predicted molar refractivity (Wildman–Crippen MR) is 118 cm³/mol. The van der Waals surface area contributed by atoms with Gasteiger partial charge >= 0.3 is 5.97 Å². The molecule has 1 N–H and O–H groups in total. The molecule has 1 amide bonds. The molecule has 34 heavy (non-hydrogen) atoms. The first kappa shape index (κ1) is 23.0. The number of carbonyl (C=O) groups is 2. The lowest BCUT2D eigenvalue weighted by atomic mass is 9.74. The van der Waals surface area contributed by atoms with Crippen molar-refractivity contribution in [2.45, 2.75) is 32.1 Å². The summed E-state index contributed by atoms with van der Waals surface area (Å²) in [7, 11) is 0. The van der Waals surface area contributed by atoms with Crippen LogP contribution in [0.25, 0.3) is 5.69 Å². The monoisotopic (exact) mass is 462 g/mol. The highest BCUT2D eigenvalue weighted by Gasteiger charge is 2.41. The second-order valence-corrected chi connectivity index (χ2v) is 8.49. The summed E-state index contributed by atoms with van der Waals surface area (Å²) in [5.74, 6) is -1.53. The SMILES string of the molecule is N#Cc1cc(CCC2(C(=O)O)CCN(C(=O)Cc3ccc(-n4cnnn4)cc3)CC2)ccc1F. The number of amides is 1. The summed E-state index contributed by atoms with van der Waals surface area (Å²) in [5.41, 5.74) is 1.36. The molecular weight excluding hydrogens is 439 g/mol. The second kappa shape index (κ2) is 9.79. The zero-order valence-corrected chi connectivity index (χ0v) is 18.4. The average molecular weight is 462 g/mol. The van der Waals surface area contributed by atoms with E-state index in [0.717, 1.165) is 16.8 Å². The van der Waals surface area contributed by atoms with Crippen molar-refractivity contribution < 1.29 is 19.1 Å². The standard InChI is InChI=1S/C24H23FN6O3/c25-21-6-3-18(13-19(21)15-26)7-8-24(23(33)34)9-11-30(12-10-24)22(32)14-17-1-4-20(5-2-17)31-16-27-28-29-31/h1-6,13,16H,7-12,14H2,(H,33,34). The molecule has 1 aliphatic rings. The van der Waals surface area contributed by atoms with Crippen molar-refractivity contribution in [1.29, 1.82) is 5.26 Å². The molecule has 0 unspecified atom stereocenters. The number of carbonyl (C=O) groups excluding carboxylic acids is 1. The number of piperidine rings is 1. The number of hydrogen-bond acceptors (Lipinski definition) is 6. The Labute approximate surface area is 195 Å². The third-order valence-corrected chi connectivity index (χ3v) is 6.48. The van der Waals surface area contributed by atoms with E-state index in [4.69, 9.17) is 5.26 Å². The van der Waals surface area contributed by atoms with Crippen molar-refractivity contribution in [3.63, 3.8) is 0 Å². The van der Waals surface area contributed by atoms with E-state index in [-0.39, 0.29) is 17.9 Å². The topological polar surface area (TPSA) is 125 Å². The highest BCUT2D eigenvalue weighted by molar-refractivity contribution is 5.80. The predicted octanol–water partition coefficient (Wildman–Crippen LogP) is 2.54. The fraction of sp³-hybridized carbons (Fsp3) is 0.333. The molecule has 1 fully saturated rings. The van der Waals surface area contributed by atoms with Gasteiger partial charge in [0, 0.05) is 13.1 Å². The highest BCUT2D eigenvalue weighted by Crippen LogP contribution is 2.37. The number of nitriles is 1. The van der Waals surface area contributed by atoms with E-state index < -0.39 is 17.2 Å². The van der Waals surface area contributed by atoms with Gasteiger partial charge in [-0.1, -0.05) is 18.2 Å². The van der Waals surface area contributed by atoms with E-state index in [2.05, 4.69) is 15.5 Å². The van der Waals surface area contributed by atoms with E-state index in [0.29, 0.717) is 38.8 Å². The third kappa shape index (κ3) is 4.93. The lowest BCUT2D eigenvalue weighted by Gasteiger charge is -2.39. The van der Waals surface area contributed by atoms with Crippen LogP contribution in [0.4, 0.5) is 4.39 Å². The Hall–Kier alpha value is -4.13. The highest BCUT2D eigenvalue weighted by atomic mass is 19.1. The minimum absolute atomic E-state index is 0.0479. The molecular formula is C24H23FN6O3. The van der Waals surface area contributed by atoms with Crippen molar-refractivity contribution in [2.24, 2.45) is 5.41 Å². The Morgan fingerprint density at radius 3 is 2.44 bits per heavy atom. The van der Waals surface area contributed by atoms with Gasteiger partial charge in [0.05, 0.1) is 23.1 Å². The van der Waals surface area contributed by atoms with E-state index in [1.54, 1.807) is 11.0 Å². The van der Waals surface area contributed by atoms with Gasteiger partial charge in [-0.3, -0.25) is 9.59 Å². The second-order valence-electron chi connectivity index (χ2n) is 8.49. The van der Waals surface area contributed by atoms with Gasteiger partial charge in [0.1, 0.15) is 18.2 Å². The lowest BCUT2D eigenvalue weighted by Crippen LogP contribution is -2.47. The summed E-state index contributed by atoms with van der Waals surface area (Å²) in [6.45, 7) is 0.724. The molecule has 3 aromatic rings. The molecule has 2 aromatic carbocycles. The number of aliphatic carboxylic acids is 1. The van der Waals surface area contributed by atoms with Crippen molar-refractivity contribution in [3.05, 3.63) is 71.3 Å². The van der Waals surface area contributed by atoms with Crippen LogP contribution in [0, 0.1) is 22.6 Å². The molecule has 1 saturated heterocycles. The van der Waals surface area contributed by atoms with Crippen LogP contribution in [0.3, 0.4) is 0 Å². The fourth-order valence-corrected chi connectivity index (χ4v) is 4.28. The van der Waals surface area contributed by atoms with Crippen molar-refractivity contribution in [3.8, 4) is 11.8 Å². The molecule has 174 valence electrons. The lowest BCUT2D eigenvalue weighted by molar-refractivity contribution is -0.154. The van der Waals surface area contributed by atoms with Crippen LogP contribution in [0.5, 0.6) is 0 Å². The molecule has 0 saturated carbocycles. The van der Waals surface area contributed by atoms with Crippen LogP contribution in [-0.2, 0) is 22.4 Å². The maximum atomic E-state index is 13.6. The summed E-state index contributed by atoms with van der Waals surface area (Å²) in [5, 5.41) is 30.0. The number of aromatic nitrogens is 4. The van der Waals surface area contributed by atoms with E-state index in [1.165, 1.54) is 23.1 Å². The number of benzene rings is 2. The number of halogens is 1. The summed E-state index contributed by atoms with van der Waals surface area (Å²) in [6.07, 6.45) is 3.18. The number of nitrogens with zero attached hydrogens (tertiary/aromatic N) is 6. The molecule has 0 aliphatic carbocycles. The van der Waals surface area contributed by atoms with E-state index in [9.17, 15) is 19.1 Å². The normalized spacial score (nSPS) is 15.0. The molecule has 2 heterocycles. The molecule has 10 heteroatoms. The fourth-order valence-electron chi connectivity index (χ4n) is 4.28. The van der Waals surface area contributed by atoms with Gasteiger partial charge in [0.25, 0.3) is 0 Å². The molecule has 9 nitrogen and oxygen atoms in total. The van der Waals surface area contributed by atoms with Gasteiger partial charge in [-0.05, 0) is 71.5 Å². The number of likely N-dealkylation sites (tertiary alicyclic amines) is 1. The maximum Gasteiger partial charge on any atom is 0.309 e. The molecule has 1 aliphatic heterocycles. The van der Waals surface area contributed by atoms with Crippen LogP contribution in [0.2, 0.25) is 0 Å². The van der Waals surface area contributed by atoms with Gasteiger partial charge in [-0.25, -0.2) is 9.07 Å². The molecule has 4 rings (SSSR count). The Kier molecular flexibility index (Phi) is 6.63. The number of carboxylic acids is 1.